The molecule has 2 atom stereocenters. The van der Waals surface area contributed by atoms with Gasteiger partial charge in [-0.05, 0) is 85.3 Å². The molecular weight excluding hydrogens is 397 g/mol. The molecular formula is C21H29BrFNO2. The Morgan fingerprint density at radius 2 is 2.08 bits per heavy atom. The van der Waals surface area contributed by atoms with E-state index in [1.807, 2.05) is 37.8 Å². The third-order valence-electron chi connectivity index (χ3n) is 5.72. The maximum Gasteiger partial charge on any atom is 0.410 e. The summed E-state index contributed by atoms with van der Waals surface area (Å²) in [4.78, 5) is 14.8. The fraction of sp³-hybridized carbons (Fsp3) is 0.667. The molecule has 3 nitrogen and oxygen atoms in total. The van der Waals surface area contributed by atoms with Gasteiger partial charge in [-0.1, -0.05) is 25.5 Å². The SMILES string of the molecule is CCC[C@@H]1[C@H](Cc2cccc(Br)c2F)N(C(=O)OC(C)(C)C)CC12CC2. The Bertz CT molecular complexity index is 681. The van der Waals surface area contributed by atoms with Crippen LogP contribution in [-0.2, 0) is 11.2 Å². The van der Waals surface area contributed by atoms with E-state index in [0.29, 0.717) is 22.4 Å². The van der Waals surface area contributed by atoms with Gasteiger partial charge in [0.1, 0.15) is 11.4 Å². The van der Waals surface area contributed by atoms with Crippen LogP contribution in [0.5, 0.6) is 0 Å². The van der Waals surface area contributed by atoms with E-state index in [-0.39, 0.29) is 23.4 Å². The zero-order valence-corrected chi connectivity index (χ0v) is 17.7. The first-order valence-corrected chi connectivity index (χ1v) is 10.4. The van der Waals surface area contributed by atoms with Crippen LogP contribution in [0.15, 0.2) is 22.7 Å². The van der Waals surface area contributed by atoms with E-state index in [1.165, 1.54) is 0 Å². The molecule has 144 valence electrons. The normalized spacial score (nSPS) is 24.2. The summed E-state index contributed by atoms with van der Waals surface area (Å²) in [6.45, 7) is 8.59. The van der Waals surface area contributed by atoms with Crippen molar-refractivity contribution in [2.45, 2.75) is 71.4 Å². The fourth-order valence-corrected chi connectivity index (χ4v) is 4.81. The standard InChI is InChI=1S/C21H29BrFNO2/c1-5-7-15-17(12-14-8-6-9-16(22)18(14)23)24(13-21(15)10-11-21)19(25)26-20(2,3)4/h6,8-9,15,17H,5,7,10-13H2,1-4H3/t15-,17+/m1/s1. The number of carbonyl (C=O) groups excluding carboxylic acids is 1. The minimum atomic E-state index is -0.526. The minimum Gasteiger partial charge on any atom is -0.444 e. The highest BCUT2D eigenvalue weighted by Crippen LogP contribution is 2.60. The molecule has 3 rings (SSSR count). The average Bonchev–Trinajstić information content (AvgIpc) is 3.25. The number of hydrogen-bond acceptors (Lipinski definition) is 2. The molecule has 1 aromatic carbocycles. The highest BCUT2D eigenvalue weighted by molar-refractivity contribution is 9.10. The molecule has 1 aliphatic carbocycles. The highest BCUT2D eigenvalue weighted by Gasteiger charge is 2.60. The number of rotatable bonds is 4. The van der Waals surface area contributed by atoms with Crippen molar-refractivity contribution in [2.75, 3.05) is 6.54 Å². The number of ether oxygens (including phenoxy) is 1. The van der Waals surface area contributed by atoms with Crippen LogP contribution in [0, 0.1) is 17.2 Å². The van der Waals surface area contributed by atoms with Crippen molar-refractivity contribution in [1.29, 1.82) is 0 Å². The van der Waals surface area contributed by atoms with Gasteiger partial charge in [-0.15, -0.1) is 0 Å². The minimum absolute atomic E-state index is 0.00361. The van der Waals surface area contributed by atoms with E-state index in [9.17, 15) is 9.18 Å². The number of carbonyl (C=O) groups is 1. The van der Waals surface area contributed by atoms with E-state index in [4.69, 9.17) is 4.74 Å². The molecule has 1 saturated carbocycles. The van der Waals surface area contributed by atoms with E-state index in [2.05, 4.69) is 22.9 Å². The molecule has 0 unspecified atom stereocenters. The average molecular weight is 426 g/mol. The Hall–Kier alpha value is -1.10. The van der Waals surface area contributed by atoms with Crippen molar-refractivity contribution in [2.24, 2.45) is 11.3 Å². The van der Waals surface area contributed by atoms with Crippen LogP contribution in [0.2, 0.25) is 0 Å². The summed E-state index contributed by atoms with van der Waals surface area (Å²) in [5.74, 6) is 0.196. The fourth-order valence-electron chi connectivity index (χ4n) is 4.40. The van der Waals surface area contributed by atoms with E-state index < -0.39 is 5.60 Å². The summed E-state index contributed by atoms with van der Waals surface area (Å²) in [5, 5.41) is 0. The summed E-state index contributed by atoms with van der Waals surface area (Å²) in [7, 11) is 0. The number of amides is 1. The van der Waals surface area contributed by atoms with Crippen LogP contribution >= 0.6 is 15.9 Å². The molecule has 2 aliphatic rings. The molecule has 1 spiro atoms. The molecule has 0 aromatic heterocycles. The van der Waals surface area contributed by atoms with Gasteiger partial charge in [-0.2, -0.15) is 0 Å². The Labute approximate surface area is 164 Å². The first-order chi connectivity index (χ1) is 12.2. The van der Waals surface area contributed by atoms with Gasteiger partial charge in [-0.3, -0.25) is 0 Å². The van der Waals surface area contributed by atoms with Crippen LogP contribution in [0.25, 0.3) is 0 Å². The van der Waals surface area contributed by atoms with Crippen molar-refractivity contribution in [3.05, 3.63) is 34.1 Å². The molecule has 1 saturated heterocycles. The second kappa shape index (κ2) is 7.14. The quantitative estimate of drug-likeness (QED) is 0.596. The third kappa shape index (κ3) is 3.92. The van der Waals surface area contributed by atoms with Crippen LogP contribution in [0.3, 0.4) is 0 Å². The Morgan fingerprint density at radius 1 is 1.38 bits per heavy atom. The van der Waals surface area contributed by atoms with Crippen LogP contribution in [-0.4, -0.2) is 29.2 Å². The highest BCUT2D eigenvalue weighted by atomic mass is 79.9. The van der Waals surface area contributed by atoms with Gasteiger partial charge in [0.15, 0.2) is 0 Å². The molecule has 1 aliphatic heterocycles. The molecule has 1 amide bonds. The molecule has 5 heteroatoms. The topological polar surface area (TPSA) is 29.5 Å². The van der Waals surface area contributed by atoms with Crippen molar-refractivity contribution >= 4 is 22.0 Å². The van der Waals surface area contributed by atoms with Crippen LogP contribution in [0.1, 0.15) is 58.9 Å². The summed E-state index contributed by atoms with van der Waals surface area (Å²) >= 11 is 3.28. The lowest BCUT2D eigenvalue weighted by Gasteiger charge is -2.31. The van der Waals surface area contributed by atoms with E-state index in [1.54, 1.807) is 6.07 Å². The second-order valence-corrected chi connectivity index (χ2v) is 9.70. The molecule has 26 heavy (non-hydrogen) atoms. The Balaban J connectivity index is 1.89. The second-order valence-electron chi connectivity index (χ2n) is 8.85. The number of likely N-dealkylation sites (tertiary alicyclic amines) is 1. The molecule has 0 radical (unpaired) electrons. The lowest BCUT2D eigenvalue weighted by atomic mass is 9.82. The molecule has 1 aromatic rings. The lowest BCUT2D eigenvalue weighted by Crippen LogP contribution is -2.42. The smallest absolute Gasteiger partial charge is 0.410 e. The Kier molecular flexibility index (Phi) is 5.40. The third-order valence-corrected chi connectivity index (χ3v) is 6.33. The zero-order chi connectivity index (χ0) is 19.1. The molecule has 2 fully saturated rings. The number of benzene rings is 1. The predicted octanol–water partition coefficient (Wildman–Crippen LogP) is 5.95. The van der Waals surface area contributed by atoms with Crippen molar-refractivity contribution in [1.82, 2.24) is 4.90 Å². The molecule has 1 heterocycles. The number of halogens is 2. The Morgan fingerprint density at radius 3 is 2.65 bits per heavy atom. The van der Waals surface area contributed by atoms with Gasteiger partial charge in [0.25, 0.3) is 0 Å². The predicted molar refractivity (Wildman–Crippen MR) is 105 cm³/mol. The maximum atomic E-state index is 14.6. The summed E-state index contributed by atoms with van der Waals surface area (Å²) in [6.07, 6.45) is 4.74. The number of nitrogens with zero attached hydrogens (tertiary/aromatic N) is 1. The summed E-state index contributed by atoms with van der Waals surface area (Å²) in [6, 6.07) is 5.40. The zero-order valence-electron chi connectivity index (χ0n) is 16.1. The van der Waals surface area contributed by atoms with E-state index in [0.717, 1.165) is 32.2 Å². The van der Waals surface area contributed by atoms with Gasteiger partial charge >= 0.3 is 6.09 Å². The molecule has 0 N–H and O–H groups in total. The first-order valence-electron chi connectivity index (χ1n) is 9.59. The first kappa shape index (κ1) is 19.7. The summed E-state index contributed by atoms with van der Waals surface area (Å²) in [5.41, 5.74) is 0.360. The van der Waals surface area contributed by atoms with E-state index >= 15 is 0 Å². The number of hydrogen-bond donors (Lipinski definition) is 0. The van der Waals surface area contributed by atoms with Gasteiger partial charge in [0.2, 0.25) is 0 Å². The van der Waals surface area contributed by atoms with Gasteiger partial charge in [-0.25, -0.2) is 9.18 Å². The van der Waals surface area contributed by atoms with Crippen LogP contribution < -0.4 is 0 Å². The van der Waals surface area contributed by atoms with Gasteiger partial charge < -0.3 is 9.64 Å². The monoisotopic (exact) mass is 425 g/mol. The van der Waals surface area contributed by atoms with Crippen molar-refractivity contribution in [3.8, 4) is 0 Å². The maximum absolute atomic E-state index is 14.6. The van der Waals surface area contributed by atoms with Crippen molar-refractivity contribution < 1.29 is 13.9 Å². The lowest BCUT2D eigenvalue weighted by molar-refractivity contribution is 0.0203. The van der Waals surface area contributed by atoms with Gasteiger partial charge in [0.05, 0.1) is 4.47 Å². The van der Waals surface area contributed by atoms with Crippen LogP contribution in [0.4, 0.5) is 9.18 Å². The molecule has 0 bridgehead atoms. The largest absolute Gasteiger partial charge is 0.444 e. The summed E-state index contributed by atoms with van der Waals surface area (Å²) < 4.78 is 20.7. The van der Waals surface area contributed by atoms with Crippen molar-refractivity contribution in [3.63, 3.8) is 0 Å². The van der Waals surface area contributed by atoms with Gasteiger partial charge in [0, 0.05) is 12.6 Å².